The van der Waals surface area contributed by atoms with Crippen LogP contribution in [0.2, 0.25) is 0 Å². The molecule has 0 aromatic carbocycles. The van der Waals surface area contributed by atoms with Gasteiger partial charge in [-0.05, 0) is 43.8 Å². The van der Waals surface area contributed by atoms with Crippen LogP contribution in [0.15, 0.2) is 23.6 Å². The van der Waals surface area contributed by atoms with E-state index in [1.54, 1.807) is 30.4 Å². The summed E-state index contributed by atoms with van der Waals surface area (Å²) >= 11 is 1.74. The first-order chi connectivity index (χ1) is 9.82. The molecular weight excluding hydrogens is 268 g/mol. The Morgan fingerprint density at radius 3 is 3.00 bits per heavy atom. The minimum Gasteiger partial charge on any atom is -0.296 e. The molecule has 0 bridgehead atoms. The summed E-state index contributed by atoms with van der Waals surface area (Å²) in [7, 11) is 0. The van der Waals surface area contributed by atoms with Crippen LogP contribution < -0.4 is 5.32 Å². The lowest BCUT2D eigenvalue weighted by molar-refractivity contribution is 0.308. The molecule has 2 aliphatic carbocycles. The third kappa shape index (κ3) is 3.13. The van der Waals surface area contributed by atoms with Gasteiger partial charge in [0.1, 0.15) is 10.6 Å². The summed E-state index contributed by atoms with van der Waals surface area (Å²) in [6.07, 6.45) is 12.2. The Hall–Kier alpha value is -1.12. The summed E-state index contributed by atoms with van der Waals surface area (Å²) in [6, 6.07) is 3.20. The molecule has 2 atom stereocenters. The topological polar surface area (TPSA) is 61.6 Å². The summed E-state index contributed by atoms with van der Waals surface area (Å²) < 4.78 is 0. The average Bonchev–Trinajstić information content (AvgIpc) is 3.21. The predicted molar refractivity (Wildman–Crippen MR) is 79.2 cm³/mol. The molecule has 2 aliphatic rings. The van der Waals surface area contributed by atoms with Gasteiger partial charge in [-0.25, -0.2) is 4.98 Å². The highest BCUT2D eigenvalue weighted by molar-refractivity contribution is 7.99. The lowest BCUT2D eigenvalue weighted by atomic mass is 9.86. The van der Waals surface area contributed by atoms with Crippen molar-refractivity contribution in [3.63, 3.8) is 0 Å². The van der Waals surface area contributed by atoms with E-state index in [2.05, 4.69) is 21.4 Å². The van der Waals surface area contributed by atoms with E-state index in [4.69, 9.17) is 0 Å². The maximum absolute atomic E-state index is 9.64. The zero-order valence-electron chi connectivity index (χ0n) is 11.6. The smallest absolute Gasteiger partial charge is 0.114 e. The van der Waals surface area contributed by atoms with Crippen LogP contribution in [-0.4, -0.2) is 27.3 Å². The van der Waals surface area contributed by atoms with Gasteiger partial charge in [-0.1, -0.05) is 6.42 Å². The van der Waals surface area contributed by atoms with Gasteiger partial charge in [0, 0.05) is 18.4 Å². The van der Waals surface area contributed by atoms with Crippen LogP contribution in [0.25, 0.3) is 0 Å². The summed E-state index contributed by atoms with van der Waals surface area (Å²) in [5.74, 6) is 1.50. The molecule has 0 aliphatic heterocycles. The molecule has 2 fully saturated rings. The molecular formula is C15H20N4S. The van der Waals surface area contributed by atoms with Crippen molar-refractivity contribution in [3.8, 4) is 6.07 Å². The van der Waals surface area contributed by atoms with Crippen LogP contribution in [0.1, 0.15) is 38.5 Å². The van der Waals surface area contributed by atoms with E-state index in [1.807, 2.05) is 0 Å². The molecule has 0 amide bonds. The van der Waals surface area contributed by atoms with Gasteiger partial charge in [-0.3, -0.25) is 10.3 Å². The largest absolute Gasteiger partial charge is 0.296 e. The molecule has 5 heteroatoms. The number of thioether (sulfide) groups is 1. The van der Waals surface area contributed by atoms with Crippen molar-refractivity contribution in [2.75, 3.05) is 5.75 Å². The molecule has 106 valence electrons. The van der Waals surface area contributed by atoms with Gasteiger partial charge < -0.3 is 0 Å². The molecule has 1 aromatic rings. The first-order valence-corrected chi connectivity index (χ1v) is 8.39. The highest BCUT2D eigenvalue weighted by Gasteiger charge is 2.45. The van der Waals surface area contributed by atoms with E-state index in [9.17, 15) is 5.26 Å². The van der Waals surface area contributed by atoms with Gasteiger partial charge in [-0.15, -0.1) is 11.8 Å². The Morgan fingerprint density at radius 1 is 1.40 bits per heavy atom. The number of hydrogen-bond donors (Lipinski definition) is 1. The number of aromatic nitrogens is 2. The highest BCUT2D eigenvalue weighted by atomic mass is 32.2. The van der Waals surface area contributed by atoms with E-state index in [-0.39, 0.29) is 5.54 Å². The van der Waals surface area contributed by atoms with Gasteiger partial charge in [0.25, 0.3) is 0 Å². The number of nitrogens with zero attached hydrogens (tertiary/aromatic N) is 3. The summed E-state index contributed by atoms with van der Waals surface area (Å²) in [5.41, 5.74) is -0.260. The SMILES string of the molecule is N#CC1(NC2CC2)CCCC1CCSc1cnccn1. The Morgan fingerprint density at radius 2 is 2.30 bits per heavy atom. The lowest BCUT2D eigenvalue weighted by Crippen LogP contribution is -2.48. The quantitative estimate of drug-likeness (QED) is 0.816. The molecule has 1 N–H and O–H groups in total. The number of nitrogens with one attached hydrogen (secondary N) is 1. The zero-order valence-corrected chi connectivity index (χ0v) is 12.4. The van der Waals surface area contributed by atoms with Crippen molar-refractivity contribution in [2.24, 2.45) is 5.92 Å². The summed E-state index contributed by atoms with van der Waals surface area (Å²) in [5, 5.41) is 14.2. The monoisotopic (exact) mass is 288 g/mol. The van der Waals surface area contributed by atoms with Gasteiger partial charge in [-0.2, -0.15) is 5.26 Å². The first kappa shape index (κ1) is 13.8. The molecule has 3 rings (SSSR count). The molecule has 0 saturated heterocycles. The van der Waals surface area contributed by atoms with Crippen LogP contribution in [0.3, 0.4) is 0 Å². The van der Waals surface area contributed by atoms with Crippen LogP contribution in [0.4, 0.5) is 0 Å². The normalized spacial score (nSPS) is 29.2. The van der Waals surface area contributed by atoms with Crippen LogP contribution in [0, 0.1) is 17.2 Å². The van der Waals surface area contributed by atoms with Crippen molar-refractivity contribution in [3.05, 3.63) is 18.6 Å². The second-order valence-corrected chi connectivity index (χ2v) is 6.89. The van der Waals surface area contributed by atoms with Gasteiger partial charge in [0.05, 0.1) is 12.3 Å². The van der Waals surface area contributed by atoms with E-state index < -0.39 is 0 Å². The highest BCUT2D eigenvalue weighted by Crippen LogP contribution is 2.40. The van der Waals surface area contributed by atoms with E-state index >= 15 is 0 Å². The predicted octanol–water partition coefficient (Wildman–Crippen LogP) is 2.77. The molecule has 0 radical (unpaired) electrons. The number of rotatable bonds is 6. The minimum atomic E-state index is -0.260. The fourth-order valence-corrected chi connectivity index (χ4v) is 3.98. The average molecular weight is 288 g/mol. The Kier molecular flexibility index (Phi) is 4.23. The van der Waals surface area contributed by atoms with E-state index in [0.29, 0.717) is 12.0 Å². The second kappa shape index (κ2) is 6.11. The van der Waals surface area contributed by atoms with E-state index in [0.717, 1.165) is 23.6 Å². The Bertz CT molecular complexity index is 482. The molecule has 0 spiro atoms. The molecule has 4 nitrogen and oxygen atoms in total. The molecule has 20 heavy (non-hydrogen) atoms. The van der Waals surface area contributed by atoms with Gasteiger partial charge >= 0.3 is 0 Å². The van der Waals surface area contributed by atoms with Crippen molar-refractivity contribution in [1.29, 1.82) is 5.26 Å². The van der Waals surface area contributed by atoms with Gasteiger partial charge in [0.2, 0.25) is 0 Å². The second-order valence-electron chi connectivity index (χ2n) is 5.77. The zero-order chi connectivity index (χ0) is 13.8. The maximum Gasteiger partial charge on any atom is 0.114 e. The number of hydrogen-bond acceptors (Lipinski definition) is 5. The van der Waals surface area contributed by atoms with Crippen LogP contribution in [0.5, 0.6) is 0 Å². The fraction of sp³-hybridized carbons (Fsp3) is 0.667. The standard InChI is InChI=1S/C15H20N4S/c16-11-15(19-13-3-4-13)6-1-2-12(15)5-9-20-14-10-17-7-8-18-14/h7-8,10,12-13,19H,1-6,9H2. The fourth-order valence-electron chi connectivity index (χ4n) is 3.10. The van der Waals surface area contributed by atoms with Crippen LogP contribution >= 0.6 is 11.8 Å². The minimum absolute atomic E-state index is 0.260. The third-order valence-corrected chi connectivity index (χ3v) is 5.26. The Balaban J connectivity index is 1.54. The third-order valence-electron chi connectivity index (χ3n) is 4.31. The maximum atomic E-state index is 9.64. The molecule has 1 aromatic heterocycles. The summed E-state index contributed by atoms with van der Waals surface area (Å²) in [4.78, 5) is 8.36. The first-order valence-electron chi connectivity index (χ1n) is 7.40. The van der Waals surface area contributed by atoms with Crippen molar-refractivity contribution < 1.29 is 0 Å². The Labute approximate surface area is 124 Å². The molecule has 2 unspecified atom stereocenters. The van der Waals surface area contributed by atoms with Crippen molar-refractivity contribution in [2.45, 2.75) is 55.1 Å². The van der Waals surface area contributed by atoms with Crippen molar-refractivity contribution in [1.82, 2.24) is 15.3 Å². The number of nitriles is 1. The summed E-state index contributed by atoms with van der Waals surface area (Å²) in [6.45, 7) is 0. The van der Waals surface area contributed by atoms with Crippen molar-refractivity contribution >= 4 is 11.8 Å². The molecule has 2 saturated carbocycles. The van der Waals surface area contributed by atoms with Gasteiger partial charge in [0.15, 0.2) is 0 Å². The lowest BCUT2D eigenvalue weighted by Gasteiger charge is -2.30. The van der Waals surface area contributed by atoms with E-state index in [1.165, 1.54) is 25.7 Å². The van der Waals surface area contributed by atoms with Crippen LogP contribution in [-0.2, 0) is 0 Å². The molecule has 1 heterocycles.